The molecule has 0 radical (unpaired) electrons. The Bertz CT molecular complexity index is 448. The van der Waals surface area contributed by atoms with Crippen LogP contribution in [0.25, 0.3) is 0 Å². The minimum Gasteiger partial charge on any atom is -0.397 e. The van der Waals surface area contributed by atoms with E-state index in [-0.39, 0.29) is 5.91 Å². The molecule has 78 valence electrons. The summed E-state index contributed by atoms with van der Waals surface area (Å²) in [5.74, 6) is -0.103. The summed E-state index contributed by atoms with van der Waals surface area (Å²) in [6, 6.07) is 3.73. The zero-order valence-electron chi connectivity index (χ0n) is 7.90. The molecule has 2 aromatic rings. The number of carbonyl (C=O) groups excluding carboxylic acids is 1. The molecule has 5 heteroatoms. The molecule has 0 aliphatic heterocycles. The van der Waals surface area contributed by atoms with Gasteiger partial charge in [0, 0.05) is 6.54 Å². The topological polar surface area (TPSA) is 55.1 Å². The van der Waals surface area contributed by atoms with Crippen LogP contribution in [-0.2, 0) is 6.54 Å². The third-order valence-electron chi connectivity index (χ3n) is 1.94. The van der Waals surface area contributed by atoms with Gasteiger partial charge in [0.2, 0.25) is 0 Å². The summed E-state index contributed by atoms with van der Waals surface area (Å²) in [5.41, 5.74) is 7.30. The molecule has 2 heterocycles. The van der Waals surface area contributed by atoms with E-state index in [1.165, 1.54) is 11.3 Å². The summed E-state index contributed by atoms with van der Waals surface area (Å²) in [6.07, 6.45) is 0. The Kier molecular flexibility index (Phi) is 3.03. The number of thiophene rings is 2. The van der Waals surface area contributed by atoms with E-state index in [1.807, 2.05) is 22.2 Å². The highest BCUT2D eigenvalue weighted by molar-refractivity contribution is 7.12. The summed E-state index contributed by atoms with van der Waals surface area (Å²) < 4.78 is 0. The van der Waals surface area contributed by atoms with Gasteiger partial charge in [-0.1, -0.05) is 0 Å². The smallest absolute Gasteiger partial charge is 0.263 e. The maximum atomic E-state index is 11.6. The molecule has 0 saturated carbocycles. The maximum Gasteiger partial charge on any atom is 0.263 e. The van der Waals surface area contributed by atoms with Gasteiger partial charge in [-0.15, -0.1) is 11.3 Å². The van der Waals surface area contributed by atoms with Gasteiger partial charge in [-0.2, -0.15) is 11.3 Å². The maximum absolute atomic E-state index is 11.6. The summed E-state index contributed by atoms with van der Waals surface area (Å²) in [5, 5.41) is 8.64. The largest absolute Gasteiger partial charge is 0.397 e. The predicted octanol–water partition coefficient (Wildman–Crippen LogP) is 2.32. The highest BCUT2D eigenvalue weighted by atomic mass is 32.1. The number of nitrogens with one attached hydrogen (secondary N) is 1. The fourth-order valence-corrected chi connectivity index (χ4v) is 2.56. The molecule has 0 fully saturated rings. The summed E-state index contributed by atoms with van der Waals surface area (Å²) >= 11 is 2.98. The fourth-order valence-electron chi connectivity index (χ4n) is 1.16. The Balaban J connectivity index is 1.96. The molecule has 2 rings (SSSR count). The highest BCUT2D eigenvalue weighted by Crippen LogP contribution is 2.18. The zero-order chi connectivity index (χ0) is 10.7. The number of nitrogens with two attached hydrogens (primary N) is 1. The van der Waals surface area contributed by atoms with E-state index in [1.54, 1.807) is 17.4 Å². The standard InChI is InChI=1S/C10H10N2OS2/c11-8-2-4-15-9(8)10(13)12-5-7-1-3-14-6-7/h1-4,6H,5,11H2,(H,12,13). The van der Waals surface area contributed by atoms with Gasteiger partial charge < -0.3 is 11.1 Å². The highest BCUT2D eigenvalue weighted by Gasteiger charge is 2.10. The van der Waals surface area contributed by atoms with Gasteiger partial charge in [-0.25, -0.2) is 0 Å². The first-order chi connectivity index (χ1) is 7.27. The van der Waals surface area contributed by atoms with Crippen LogP contribution in [0.1, 0.15) is 15.2 Å². The monoisotopic (exact) mass is 238 g/mol. The Hall–Kier alpha value is -1.33. The number of hydrogen-bond acceptors (Lipinski definition) is 4. The number of hydrogen-bond donors (Lipinski definition) is 2. The second-order valence-electron chi connectivity index (χ2n) is 3.02. The van der Waals surface area contributed by atoms with Crippen molar-refractivity contribution in [2.75, 3.05) is 5.73 Å². The average molecular weight is 238 g/mol. The molecule has 2 aromatic heterocycles. The molecule has 0 saturated heterocycles. The van der Waals surface area contributed by atoms with E-state index in [0.29, 0.717) is 17.1 Å². The van der Waals surface area contributed by atoms with Gasteiger partial charge >= 0.3 is 0 Å². The Morgan fingerprint density at radius 1 is 1.40 bits per heavy atom. The lowest BCUT2D eigenvalue weighted by molar-refractivity contribution is 0.0956. The fraction of sp³-hybridized carbons (Fsp3) is 0.100. The summed E-state index contributed by atoms with van der Waals surface area (Å²) in [7, 11) is 0. The zero-order valence-corrected chi connectivity index (χ0v) is 9.53. The van der Waals surface area contributed by atoms with Crippen molar-refractivity contribution in [3.05, 3.63) is 38.7 Å². The van der Waals surface area contributed by atoms with Gasteiger partial charge in [-0.05, 0) is 33.8 Å². The van der Waals surface area contributed by atoms with Crippen molar-refractivity contribution in [1.29, 1.82) is 0 Å². The van der Waals surface area contributed by atoms with Crippen LogP contribution in [-0.4, -0.2) is 5.91 Å². The Labute approximate surface area is 95.6 Å². The minimum atomic E-state index is -0.103. The van der Waals surface area contributed by atoms with Crippen molar-refractivity contribution < 1.29 is 4.79 Å². The number of rotatable bonds is 3. The van der Waals surface area contributed by atoms with Crippen LogP contribution in [0, 0.1) is 0 Å². The van der Waals surface area contributed by atoms with E-state index >= 15 is 0 Å². The lowest BCUT2D eigenvalue weighted by Crippen LogP contribution is -2.22. The molecule has 0 aliphatic carbocycles. The van der Waals surface area contributed by atoms with E-state index < -0.39 is 0 Å². The van der Waals surface area contributed by atoms with Crippen molar-refractivity contribution in [2.45, 2.75) is 6.54 Å². The Morgan fingerprint density at radius 2 is 2.27 bits per heavy atom. The van der Waals surface area contributed by atoms with Gasteiger partial charge in [0.15, 0.2) is 0 Å². The van der Waals surface area contributed by atoms with Crippen molar-refractivity contribution >= 4 is 34.3 Å². The third-order valence-corrected chi connectivity index (χ3v) is 3.60. The van der Waals surface area contributed by atoms with Crippen molar-refractivity contribution in [2.24, 2.45) is 0 Å². The number of anilines is 1. The van der Waals surface area contributed by atoms with E-state index in [4.69, 9.17) is 5.73 Å². The molecule has 0 aromatic carbocycles. The average Bonchev–Trinajstić information content (AvgIpc) is 2.84. The van der Waals surface area contributed by atoms with Gasteiger partial charge in [-0.3, -0.25) is 4.79 Å². The van der Waals surface area contributed by atoms with Crippen LogP contribution in [0.4, 0.5) is 5.69 Å². The van der Waals surface area contributed by atoms with Gasteiger partial charge in [0.1, 0.15) is 4.88 Å². The number of carbonyl (C=O) groups is 1. The molecule has 0 atom stereocenters. The molecular weight excluding hydrogens is 228 g/mol. The summed E-state index contributed by atoms with van der Waals surface area (Å²) in [6.45, 7) is 0.555. The van der Waals surface area contributed by atoms with Crippen LogP contribution in [0.15, 0.2) is 28.3 Å². The lowest BCUT2D eigenvalue weighted by Gasteiger charge is -2.02. The molecule has 3 nitrogen and oxygen atoms in total. The molecule has 0 unspecified atom stereocenters. The van der Waals surface area contributed by atoms with Crippen LogP contribution >= 0.6 is 22.7 Å². The van der Waals surface area contributed by atoms with Gasteiger partial charge in [0.25, 0.3) is 5.91 Å². The molecular formula is C10H10N2OS2. The van der Waals surface area contributed by atoms with E-state index in [9.17, 15) is 4.79 Å². The summed E-state index contributed by atoms with van der Waals surface area (Å²) in [4.78, 5) is 12.2. The van der Waals surface area contributed by atoms with Crippen LogP contribution in [0.3, 0.4) is 0 Å². The van der Waals surface area contributed by atoms with Crippen molar-refractivity contribution in [1.82, 2.24) is 5.32 Å². The van der Waals surface area contributed by atoms with E-state index in [0.717, 1.165) is 5.56 Å². The van der Waals surface area contributed by atoms with Gasteiger partial charge in [0.05, 0.1) is 5.69 Å². The quantitative estimate of drug-likeness (QED) is 0.862. The molecule has 15 heavy (non-hydrogen) atoms. The molecule has 1 amide bonds. The molecule has 0 bridgehead atoms. The van der Waals surface area contributed by atoms with Crippen LogP contribution in [0.5, 0.6) is 0 Å². The first-order valence-electron chi connectivity index (χ1n) is 4.39. The SMILES string of the molecule is Nc1ccsc1C(=O)NCc1ccsc1. The number of nitrogen functional groups attached to an aromatic ring is 1. The first kappa shape index (κ1) is 10.2. The second kappa shape index (κ2) is 4.46. The van der Waals surface area contributed by atoms with E-state index in [2.05, 4.69) is 5.32 Å². The van der Waals surface area contributed by atoms with Crippen LogP contribution in [0.2, 0.25) is 0 Å². The molecule has 0 aliphatic rings. The minimum absolute atomic E-state index is 0.103. The first-order valence-corrected chi connectivity index (χ1v) is 6.22. The predicted molar refractivity (Wildman–Crippen MR) is 64.2 cm³/mol. The number of amides is 1. The lowest BCUT2D eigenvalue weighted by atomic mass is 10.3. The van der Waals surface area contributed by atoms with Crippen molar-refractivity contribution in [3.63, 3.8) is 0 Å². The van der Waals surface area contributed by atoms with Crippen LogP contribution < -0.4 is 11.1 Å². The van der Waals surface area contributed by atoms with Crippen molar-refractivity contribution in [3.8, 4) is 0 Å². The Morgan fingerprint density at radius 3 is 2.87 bits per heavy atom. The normalized spacial score (nSPS) is 10.1. The molecule has 3 N–H and O–H groups in total. The second-order valence-corrected chi connectivity index (χ2v) is 4.72. The third kappa shape index (κ3) is 2.37. The molecule has 0 spiro atoms.